The third-order valence-electron chi connectivity index (χ3n) is 9.51. The second-order valence-electron chi connectivity index (χ2n) is 16.4. The smallest absolute Gasteiger partial charge is 0.416 e. The van der Waals surface area contributed by atoms with Gasteiger partial charge in [-0.1, -0.05) is 83.7 Å². The highest BCUT2D eigenvalue weighted by Crippen LogP contribution is 2.38. The Kier molecular flexibility index (Phi) is 30.8. The summed E-state index contributed by atoms with van der Waals surface area (Å²) >= 11 is 28.7. The van der Waals surface area contributed by atoms with E-state index in [1.54, 1.807) is 16.9 Å². The number of carbonyl (C=O) groups is 5. The lowest BCUT2D eigenvalue weighted by Gasteiger charge is -2.35. The molecule has 4 aromatic carbocycles. The number of amides is 2. The highest BCUT2D eigenvalue weighted by Gasteiger charge is 2.33. The summed E-state index contributed by atoms with van der Waals surface area (Å²) in [5.41, 5.74) is 2.81. The molecule has 17 nitrogen and oxygen atoms in total. The molecular weight excluding hydrogens is 1150 g/mol. The van der Waals surface area contributed by atoms with Crippen LogP contribution in [-0.2, 0) is 56.7 Å². The molecule has 5 rings (SSSR count). The maximum Gasteiger partial charge on any atom is 0.416 e. The minimum atomic E-state index is -4.56. The van der Waals surface area contributed by atoms with Crippen LogP contribution in [0.4, 0.5) is 24.5 Å². The summed E-state index contributed by atoms with van der Waals surface area (Å²) < 4.78 is 68.8. The lowest BCUT2D eigenvalue weighted by molar-refractivity contribution is -0.193. The predicted octanol–water partition coefficient (Wildman–Crippen LogP) is 9.86. The van der Waals surface area contributed by atoms with Crippen molar-refractivity contribution < 1.29 is 80.7 Å². The van der Waals surface area contributed by atoms with Gasteiger partial charge >= 0.3 is 24.1 Å². The maximum absolute atomic E-state index is 12.7. The van der Waals surface area contributed by atoms with E-state index in [1.807, 2.05) is 62.5 Å². The zero-order valence-corrected chi connectivity index (χ0v) is 48.2. The number of carboxylic acid groups (broad SMARTS) is 2. The molecule has 4 atom stereocenters. The second kappa shape index (κ2) is 33.7. The van der Waals surface area contributed by atoms with Crippen LogP contribution in [0, 0.1) is 6.92 Å². The zero-order chi connectivity index (χ0) is 58.2. The van der Waals surface area contributed by atoms with E-state index in [9.17, 15) is 46.6 Å². The number of aliphatic carboxylic acids is 2. The van der Waals surface area contributed by atoms with Crippen molar-refractivity contribution >= 4 is 118 Å². The molecule has 0 aliphatic carbocycles. The Labute approximate surface area is 467 Å². The molecule has 0 radical (unpaired) electrons. The number of aryl methyl sites for hydroxylation is 2. The van der Waals surface area contributed by atoms with Crippen molar-refractivity contribution in [1.82, 2.24) is 5.32 Å². The highest BCUT2D eigenvalue weighted by atomic mass is 35.5. The SMILES string of the molecule is CC1COc2ccccc2N1C(=O)C(Cl)Cl.CCc1cccc(C)c1N(C(=O)CCl)C(C)COC.C[C@H](OC(=O)c1cc(Oc2ccc(C(F)(F)F)cc2Cl)ccc1Cl)C(=O)O.C[S+](C)C.O=C(O)CNCP(=O)([O-])O. The minimum absolute atomic E-state index is 0.0223. The van der Waals surface area contributed by atoms with Crippen molar-refractivity contribution in [3.05, 3.63) is 111 Å². The molecule has 2 amide bonds. The van der Waals surface area contributed by atoms with Crippen LogP contribution in [0.15, 0.2) is 78.9 Å². The molecule has 0 saturated carbocycles. The molecule has 3 unspecified atom stereocenters. The van der Waals surface area contributed by atoms with Gasteiger partial charge in [0.25, 0.3) is 5.91 Å². The van der Waals surface area contributed by atoms with Gasteiger partial charge in [-0.15, -0.1) is 11.6 Å². The summed E-state index contributed by atoms with van der Waals surface area (Å²) in [6, 6.07) is 19.7. The van der Waals surface area contributed by atoms with Gasteiger partial charge < -0.3 is 53.3 Å². The minimum Gasteiger partial charge on any atom is -0.778 e. The van der Waals surface area contributed by atoms with Gasteiger partial charge in [0.2, 0.25) is 5.91 Å². The van der Waals surface area contributed by atoms with E-state index in [0.717, 1.165) is 54.0 Å². The summed E-state index contributed by atoms with van der Waals surface area (Å²) in [4.78, 5) is 76.9. The number of nitrogens with one attached hydrogen (secondary N) is 1. The van der Waals surface area contributed by atoms with Crippen molar-refractivity contribution in [2.24, 2.45) is 0 Å². The lowest BCUT2D eigenvalue weighted by Crippen LogP contribution is -2.47. The molecule has 1 aliphatic heterocycles. The molecule has 0 saturated heterocycles. The van der Waals surface area contributed by atoms with Crippen molar-refractivity contribution in [2.75, 3.05) is 67.6 Å². The van der Waals surface area contributed by atoms with Gasteiger partial charge in [-0.25, -0.2) is 9.59 Å². The normalized spacial score (nSPS) is 14.1. The van der Waals surface area contributed by atoms with Gasteiger partial charge in [0.1, 0.15) is 37.3 Å². The summed E-state index contributed by atoms with van der Waals surface area (Å²) in [6.07, 6.45) is 0.796. The Hall–Kier alpha value is -4.51. The van der Waals surface area contributed by atoms with Crippen molar-refractivity contribution in [1.29, 1.82) is 0 Å². The molecule has 76 heavy (non-hydrogen) atoms. The average Bonchev–Trinajstić information content (AvgIpc) is 3.32. The number of anilines is 2. The van der Waals surface area contributed by atoms with Crippen LogP contribution in [0.1, 0.15) is 54.7 Å². The fourth-order valence-electron chi connectivity index (χ4n) is 6.25. The first-order valence-corrected chi connectivity index (χ1v) is 28.7. The molecule has 4 N–H and O–H groups in total. The number of alkyl halides is 6. The van der Waals surface area contributed by atoms with Crippen LogP contribution in [0.2, 0.25) is 10.0 Å². The first kappa shape index (κ1) is 69.5. The van der Waals surface area contributed by atoms with E-state index < -0.39 is 61.0 Å². The third kappa shape index (κ3) is 24.4. The standard InChI is InChI=1S/C17H11Cl2F3O5.C15H22ClNO2.C11H11Cl2NO2.C3H8NO5P.C3H9S/c1-8(15(23)24)26-16(25)11-7-10(3-4-12(11)18)27-14-5-2-9(6-13(14)19)17(20,21)22;1-5-13-8-6-7-11(2)15(13)17(14(18)9-16)12(3)10-19-4;1-7-6-16-9-5-3-2-4-8(9)14(7)11(15)10(12)13;5-3(6)1-4-2-10(7,8)9;1-4(2)3/h2-8H,1H3,(H,23,24);6-8,12H,5,9-10H2,1-4H3;2-5,7,10H,6H2,1H3;4H,1-2H2,(H,5,6)(H2,7,8,9);1-3H3/q;;;;+1/p-1/t8-;;;;/m0..../s1. The molecule has 0 aromatic heterocycles. The number of rotatable bonds is 16. The van der Waals surface area contributed by atoms with Crippen molar-refractivity contribution in [2.45, 2.75) is 70.2 Å². The summed E-state index contributed by atoms with van der Waals surface area (Å²) in [6.45, 7) is 9.58. The Morgan fingerprint density at radius 3 is 2.11 bits per heavy atom. The number of hydrogen-bond acceptors (Lipinski definition) is 12. The van der Waals surface area contributed by atoms with E-state index in [1.165, 1.54) is 12.1 Å². The number of fused-ring (bicyclic) bond motifs is 1. The van der Waals surface area contributed by atoms with E-state index in [0.29, 0.717) is 35.9 Å². The molecule has 422 valence electrons. The molecule has 27 heteroatoms. The summed E-state index contributed by atoms with van der Waals surface area (Å²) in [7, 11) is -2.07. The number of para-hydroxylation sites is 3. The largest absolute Gasteiger partial charge is 0.778 e. The molecule has 0 spiro atoms. The fraction of sp³-hybridized carbons (Fsp3) is 0.408. The number of ether oxygens (including phenoxy) is 4. The number of nitrogens with zero attached hydrogens (tertiary/aromatic N) is 2. The van der Waals surface area contributed by atoms with Gasteiger partial charge in [-0.3, -0.25) is 19.7 Å². The van der Waals surface area contributed by atoms with Gasteiger partial charge in [0.05, 0.1) is 82.8 Å². The Morgan fingerprint density at radius 2 is 1.59 bits per heavy atom. The molecule has 4 aromatic rings. The lowest BCUT2D eigenvalue weighted by atomic mass is 10.0. The second-order valence-corrected chi connectivity index (χ2v) is 22.6. The Bertz CT molecular complexity index is 2600. The van der Waals surface area contributed by atoms with Gasteiger partial charge in [-0.05, 0) is 105 Å². The van der Waals surface area contributed by atoms with Gasteiger partial charge in [0.15, 0.2) is 10.9 Å². The number of benzene rings is 4. The zero-order valence-electron chi connectivity index (χ0n) is 42.7. The molecule has 1 heterocycles. The average molecular weight is 1210 g/mol. The van der Waals surface area contributed by atoms with Crippen LogP contribution in [0.5, 0.6) is 17.2 Å². The van der Waals surface area contributed by atoms with Crippen LogP contribution in [-0.4, -0.2) is 126 Å². The highest BCUT2D eigenvalue weighted by molar-refractivity contribution is 7.94. The number of methoxy groups -OCH3 is 1. The van der Waals surface area contributed by atoms with Crippen LogP contribution < -0.4 is 29.5 Å². The number of esters is 1. The first-order valence-electron chi connectivity index (χ1n) is 22.3. The van der Waals surface area contributed by atoms with Crippen LogP contribution >= 0.6 is 65.6 Å². The van der Waals surface area contributed by atoms with Gasteiger partial charge in [0, 0.05) is 7.11 Å². The molecule has 0 fully saturated rings. The van der Waals surface area contributed by atoms with Crippen molar-refractivity contribution in [3.63, 3.8) is 0 Å². The topological polar surface area (TPSA) is 242 Å². The quantitative estimate of drug-likeness (QED) is 0.0353. The van der Waals surface area contributed by atoms with E-state index in [2.05, 4.69) is 31.8 Å². The Balaban J connectivity index is 0.000000519. The van der Waals surface area contributed by atoms with Crippen molar-refractivity contribution in [3.8, 4) is 17.2 Å². The fourth-order valence-corrected chi connectivity index (χ4v) is 7.40. The Morgan fingerprint density at radius 1 is 0.974 bits per heavy atom. The summed E-state index contributed by atoms with van der Waals surface area (Å²) in [5, 5.41) is 18.4. The van der Waals surface area contributed by atoms with E-state index >= 15 is 0 Å². The number of halogens is 8. The molecular formula is C49H60Cl5F3N3O14PS. The monoisotopic (exact) mass is 1210 g/mol. The first-order chi connectivity index (χ1) is 35.3. The number of hydrogen-bond donors (Lipinski definition) is 4. The van der Waals surface area contributed by atoms with E-state index in [-0.39, 0.29) is 56.9 Å². The number of carboxylic acids is 2. The maximum atomic E-state index is 12.7. The molecule has 0 bridgehead atoms. The van der Waals surface area contributed by atoms with Crippen LogP contribution in [0.3, 0.4) is 0 Å². The van der Waals surface area contributed by atoms with Crippen LogP contribution in [0.25, 0.3) is 0 Å². The predicted molar refractivity (Wildman–Crippen MR) is 290 cm³/mol. The third-order valence-corrected chi connectivity index (χ3v) is 11.4. The number of carbonyl (C=O) groups excluding carboxylic acids is 3. The molecule has 1 aliphatic rings. The van der Waals surface area contributed by atoms with E-state index in [4.69, 9.17) is 92.1 Å². The summed E-state index contributed by atoms with van der Waals surface area (Å²) in [5.74, 6) is -3.30. The van der Waals surface area contributed by atoms with Gasteiger partial charge in [-0.2, -0.15) is 13.2 Å².